The SMILES string of the molecule is O[C@]1(C(F)(F)F)CC(c2ccc(Cl)cc2)=NN1c1nc2ccccc2s1. The van der Waals surface area contributed by atoms with E-state index in [1.54, 1.807) is 48.5 Å². The van der Waals surface area contributed by atoms with Crippen molar-refractivity contribution in [2.45, 2.75) is 18.3 Å². The number of nitrogens with zero attached hydrogens (tertiary/aromatic N) is 3. The van der Waals surface area contributed by atoms with Gasteiger partial charge in [0.05, 0.1) is 22.3 Å². The Morgan fingerprint density at radius 1 is 1.12 bits per heavy atom. The molecule has 9 heteroatoms. The summed E-state index contributed by atoms with van der Waals surface area (Å²) in [5.41, 5.74) is -2.04. The molecule has 3 aromatic rings. The molecule has 1 aliphatic rings. The van der Waals surface area contributed by atoms with Crippen LogP contribution in [-0.2, 0) is 0 Å². The van der Waals surface area contributed by atoms with Crippen molar-refractivity contribution in [1.29, 1.82) is 0 Å². The van der Waals surface area contributed by atoms with Crippen molar-refractivity contribution in [2.75, 3.05) is 5.01 Å². The van der Waals surface area contributed by atoms with E-state index in [1.807, 2.05) is 0 Å². The van der Waals surface area contributed by atoms with Gasteiger partial charge in [-0.15, -0.1) is 0 Å². The Bertz CT molecular complexity index is 969. The number of benzene rings is 2. The molecule has 26 heavy (non-hydrogen) atoms. The maximum Gasteiger partial charge on any atom is 0.438 e. The highest BCUT2D eigenvalue weighted by Gasteiger charge is 2.62. The lowest BCUT2D eigenvalue weighted by atomic mass is 10.0. The zero-order valence-corrected chi connectivity index (χ0v) is 14.6. The number of anilines is 1. The Morgan fingerprint density at radius 3 is 2.46 bits per heavy atom. The standard InChI is InChI=1S/C17H11ClF3N3OS/c18-11-7-5-10(6-8-11)13-9-16(25,17(19,20)21)24(23-13)15-22-12-3-1-2-4-14(12)26-15/h1-8,25H,9H2/t16-/m0/s1. The van der Waals surface area contributed by atoms with Gasteiger partial charge < -0.3 is 5.11 Å². The molecule has 2 heterocycles. The largest absolute Gasteiger partial charge is 0.438 e. The first-order chi connectivity index (χ1) is 12.3. The van der Waals surface area contributed by atoms with Crippen molar-refractivity contribution in [3.8, 4) is 0 Å². The molecule has 4 rings (SSSR count). The molecule has 1 aliphatic heterocycles. The summed E-state index contributed by atoms with van der Waals surface area (Å²) in [7, 11) is 0. The second-order valence-electron chi connectivity index (χ2n) is 5.82. The average Bonchev–Trinajstić information content (AvgIpc) is 3.16. The van der Waals surface area contributed by atoms with E-state index in [1.165, 1.54) is 0 Å². The Labute approximate surface area is 155 Å². The smallest absolute Gasteiger partial charge is 0.362 e. The number of hydrazone groups is 1. The quantitative estimate of drug-likeness (QED) is 0.674. The van der Waals surface area contributed by atoms with E-state index in [0.717, 1.165) is 11.3 Å². The third kappa shape index (κ3) is 2.74. The fraction of sp³-hybridized carbons (Fsp3) is 0.176. The van der Waals surface area contributed by atoms with Crippen LogP contribution in [0.5, 0.6) is 0 Å². The van der Waals surface area contributed by atoms with E-state index in [-0.39, 0.29) is 10.8 Å². The lowest BCUT2D eigenvalue weighted by Crippen LogP contribution is -2.55. The highest BCUT2D eigenvalue weighted by atomic mass is 35.5. The Hall–Kier alpha value is -2.16. The minimum Gasteiger partial charge on any atom is -0.362 e. The molecular formula is C17H11ClF3N3OS. The van der Waals surface area contributed by atoms with Gasteiger partial charge in [-0.25, -0.2) is 4.98 Å². The first-order valence-corrected chi connectivity index (χ1v) is 8.76. The first-order valence-electron chi connectivity index (χ1n) is 7.56. The molecule has 1 aromatic heterocycles. The zero-order chi connectivity index (χ0) is 18.5. The molecule has 0 fully saturated rings. The molecule has 1 atom stereocenters. The predicted octanol–water partition coefficient (Wildman–Crippen LogP) is 4.82. The van der Waals surface area contributed by atoms with Crippen LogP contribution in [0.4, 0.5) is 18.3 Å². The van der Waals surface area contributed by atoms with Crippen LogP contribution < -0.4 is 5.01 Å². The molecule has 134 valence electrons. The fourth-order valence-electron chi connectivity index (χ4n) is 2.72. The third-order valence-corrected chi connectivity index (χ3v) is 5.34. The van der Waals surface area contributed by atoms with Gasteiger partial charge in [0.25, 0.3) is 5.72 Å². The molecule has 1 N–H and O–H groups in total. The molecule has 0 amide bonds. The van der Waals surface area contributed by atoms with E-state index >= 15 is 0 Å². The van der Waals surface area contributed by atoms with Crippen molar-refractivity contribution in [2.24, 2.45) is 5.10 Å². The fourth-order valence-corrected chi connectivity index (χ4v) is 3.83. The summed E-state index contributed by atoms with van der Waals surface area (Å²) >= 11 is 6.87. The number of halogens is 4. The van der Waals surface area contributed by atoms with Gasteiger partial charge in [-0.1, -0.05) is 47.2 Å². The zero-order valence-electron chi connectivity index (χ0n) is 13.0. The second-order valence-corrected chi connectivity index (χ2v) is 7.27. The van der Waals surface area contributed by atoms with Crippen molar-refractivity contribution in [3.63, 3.8) is 0 Å². The van der Waals surface area contributed by atoms with Crippen LogP contribution in [0.25, 0.3) is 10.2 Å². The Kier molecular flexibility index (Phi) is 3.94. The lowest BCUT2D eigenvalue weighted by Gasteiger charge is -2.32. The van der Waals surface area contributed by atoms with E-state index in [4.69, 9.17) is 11.6 Å². The number of hydrogen-bond acceptors (Lipinski definition) is 5. The molecule has 0 saturated carbocycles. The summed E-state index contributed by atoms with van der Waals surface area (Å²) in [4.78, 5) is 4.20. The Balaban J connectivity index is 1.83. The molecule has 0 bridgehead atoms. The predicted molar refractivity (Wildman–Crippen MR) is 95.7 cm³/mol. The normalized spacial score (nSPS) is 20.7. The minimum absolute atomic E-state index is 0.0185. The summed E-state index contributed by atoms with van der Waals surface area (Å²) in [6.07, 6.45) is -5.61. The first kappa shape index (κ1) is 17.3. The number of fused-ring (bicyclic) bond motifs is 1. The Morgan fingerprint density at radius 2 is 1.81 bits per heavy atom. The third-order valence-electron chi connectivity index (χ3n) is 4.08. The maximum atomic E-state index is 13.7. The number of aliphatic hydroxyl groups is 1. The molecule has 0 radical (unpaired) electrons. The van der Waals surface area contributed by atoms with Crippen molar-refractivity contribution < 1.29 is 18.3 Å². The number of hydrogen-bond donors (Lipinski definition) is 1. The summed E-state index contributed by atoms with van der Waals surface area (Å²) in [6.45, 7) is 0. The van der Waals surface area contributed by atoms with Crippen molar-refractivity contribution in [3.05, 3.63) is 59.1 Å². The van der Waals surface area contributed by atoms with Gasteiger partial charge >= 0.3 is 6.18 Å². The molecule has 0 saturated heterocycles. The van der Waals surface area contributed by atoms with Crippen LogP contribution in [-0.4, -0.2) is 27.7 Å². The van der Waals surface area contributed by atoms with Crippen LogP contribution in [0, 0.1) is 0 Å². The van der Waals surface area contributed by atoms with Crippen molar-refractivity contribution in [1.82, 2.24) is 4.98 Å². The molecular weight excluding hydrogens is 387 g/mol. The molecule has 4 nitrogen and oxygen atoms in total. The minimum atomic E-state index is -4.91. The summed E-state index contributed by atoms with van der Waals surface area (Å²) in [5, 5.41) is 15.5. The molecule has 0 aliphatic carbocycles. The van der Waals surface area contributed by atoms with Crippen LogP contribution in [0.2, 0.25) is 5.02 Å². The van der Waals surface area contributed by atoms with Gasteiger partial charge in [0.15, 0.2) is 0 Å². The summed E-state index contributed by atoms with van der Waals surface area (Å²) in [5.74, 6) is 0. The summed E-state index contributed by atoms with van der Waals surface area (Å²) < 4.78 is 41.8. The topological polar surface area (TPSA) is 48.7 Å². The molecule has 0 unspecified atom stereocenters. The van der Waals surface area contributed by atoms with Crippen molar-refractivity contribution >= 4 is 44.0 Å². The van der Waals surface area contributed by atoms with Crippen LogP contribution in [0.3, 0.4) is 0 Å². The lowest BCUT2D eigenvalue weighted by molar-refractivity contribution is -0.254. The van der Waals surface area contributed by atoms with Crippen LogP contribution in [0.15, 0.2) is 53.6 Å². The van der Waals surface area contributed by atoms with Gasteiger partial charge in [-0.3, -0.25) is 0 Å². The number of para-hydroxylation sites is 1. The monoisotopic (exact) mass is 397 g/mol. The van der Waals surface area contributed by atoms with Crippen LogP contribution in [0.1, 0.15) is 12.0 Å². The van der Waals surface area contributed by atoms with E-state index in [0.29, 0.717) is 25.8 Å². The van der Waals surface area contributed by atoms with E-state index in [9.17, 15) is 18.3 Å². The highest BCUT2D eigenvalue weighted by Crippen LogP contribution is 2.45. The number of rotatable bonds is 2. The average molecular weight is 398 g/mol. The van der Waals surface area contributed by atoms with Gasteiger partial charge in [0.2, 0.25) is 5.13 Å². The van der Waals surface area contributed by atoms with E-state index in [2.05, 4.69) is 10.1 Å². The van der Waals surface area contributed by atoms with Gasteiger partial charge in [0, 0.05) is 5.02 Å². The van der Waals surface area contributed by atoms with Gasteiger partial charge in [-0.05, 0) is 29.8 Å². The maximum absolute atomic E-state index is 13.7. The number of thiazole rings is 1. The van der Waals surface area contributed by atoms with Gasteiger partial charge in [-0.2, -0.15) is 23.3 Å². The molecule has 2 aromatic carbocycles. The molecule has 0 spiro atoms. The van der Waals surface area contributed by atoms with E-state index < -0.39 is 18.3 Å². The second kappa shape index (κ2) is 5.94. The number of alkyl halides is 3. The summed E-state index contributed by atoms with van der Waals surface area (Å²) in [6, 6.07) is 13.2. The highest BCUT2D eigenvalue weighted by molar-refractivity contribution is 7.22. The number of aromatic nitrogens is 1. The van der Waals surface area contributed by atoms with Gasteiger partial charge in [0.1, 0.15) is 0 Å². The van der Waals surface area contributed by atoms with Crippen LogP contribution >= 0.6 is 22.9 Å².